The number of carboxylic acids is 1. The fourth-order valence-electron chi connectivity index (χ4n) is 3.53. The van der Waals surface area contributed by atoms with Crippen LogP contribution in [-0.4, -0.2) is 27.0 Å². The van der Waals surface area contributed by atoms with E-state index in [0.717, 1.165) is 27.0 Å². The van der Waals surface area contributed by atoms with Gasteiger partial charge in [-0.2, -0.15) is 0 Å². The molecule has 0 radical (unpaired) electrons. The Morgan fingerprint density at radius 2 is 1.78 bits per heavy atom. The summed E-state index contributed by atoms with van der Waals surface area (Å²) in [6, 6.07) is 13.6. The standard InChI is InChI=1S/C24H21N3O3S2/c1-14-7-6-8-15(2)22(14)27(16(3)28)24-25-18(13-31-24)11-17(12-21(29)30)23-26-19-9-4-5-10-20(19)32-23/h4-11,13H,12H2,1-3H3,(H,29,30)/b17-11-. The predicted octanol–water partition coefficient (Wildman–Crippen LogP) is 6.07. The minimum atomic E-state index is -0.938. The van der Waals surface area contributed by atoms with Gasteiger partial charge in [-0.1, -0.05) is 30.3 Å². The Labute approximate surface area is 193 Å². The van der Waals surface area contributed by atoms with E-state index < -0.39 is 5.97 Å². The van der Waals surface area contributed by atoms with E-state index in [1.807, 2.05) is 61.7 Å². The van der Waals surface area contributed by atoms with Crippen molar-refractivity contribution in [1.82, 2.24) is 9.97 Å². The average molecular weight is 464 g/mol. The Bertz CT molecular complexity index is 1300. The first-order chi connectivity index (χ1) is 15.3. The summed E-state index contributed by atoms with van der Waals surface area (Å²) < 4.78 is 0.996. The maximum Gasteiger partial charge on any atom is 0.307 e. The molecule has 4 rings (SSSR count). The third-order valence-electron chi connectivity index (χ3n) is 4.91. The number of carboxylic acid groups (broad SMARTS) is 1. The number of carbonyl (C=O) groups is 2. The van der Waals surface area contributed by atoms with E-state index in [9.17, 15) is 14.7 Å². The normalized spacial score (nSPS) is 11.7. The molecule has 6 nitrogen and oxygen atoms in total. The van der Waals surface area contributed by atoms with Crippen LogP contribution in [0.15, 0.2) is 47.8 Å². The number of hydrogen-bond donors (Lipinski definition) is 1. The highest BCUT2D eigenvalue weighted by Crippen LogP contribution is 2.35. The molecule has 32 heavy (non-hydrogen) atoms. The van der Waals surface area contributed by atoms with Crippen LogP contribution in [0.5, 0.6) is 0 Å². The second-order valence-corrected chi connectivity index (χ2v) is 9.24. The molecule has 0 bridgehead atoms. The Kier molecular flexibility index (Phi) is 6.16. The number of aliphatic carboxylic acids is 1. The van der Waals surface area contributed by atoms with Crippen LogP contribution in [0.3, 0.4) is 0 Å². The van der Waals surface area contributed by atoms with Gasteiger partial charge in [-0.05, 0) is 43.2 Å². The molecule has 8 heteroatoms. The van der Waals surface area contributed by atoms with Crippen molar-refractivity contribution in [2.24, 2.45) is 0 Å². The molecule has 0 fully saturated rings. The Balaban J connectivity index is 1.75. The fourth-order valence-corrected chi connectivity index (χ4v) is 5.34. The van der Waals surface area contributed by atoms with Gasteiger partial charge >= 0.3 is 5.97 Å². The maximum atomic E-state index is 12.5. The van der Waals surface area contributed by atoms with Crippen molar-refractivity contribution in [3.05, 3.63) is 69.7 Å². The largest absolute Gasteiger partial charge is 0.481 e. The molecule has 0 aliphatic rings. The van der Waals surface area contributed by atoms with Gasteiger partial charge < -0.3 is 5.11 Å². The van der Waals surface area contributed by atoms with Crippen LogP contribution in [0.25, 0.3) is 21.9 Å². The summed E-state index contributed by atoms with van der Waals surface area (Å²) in [5.41, 5.74) is 4.79. The average Bonchev–Trinajstić information content (AvgIpc) is 3.36. The molecular weight excluding hydrogens is 442 g/mol. The number of thiazole rings is 2. The van der Waals surface area contributed by atoms with Gasteiger partial charge in [-0.3, -0.25) is 14.5 Å². The highest BCUT2D eigenvalue weighted by molar-refractivity contribution is 7.19. The monoisotopic (exact) mass is 463 g/mol. The van der Waals surface area contributed by atoms with Crippen molar-refractivity contribution in [3.63, 3.8) is 0 Å². The predicted molar refractivity (Wildman–Crippen MR) is 131 cm³/mol. The first-order valence-corrected chi connectivity index (χ1v) is 11.6. The van der Waals surface area contributed by atoms with Crippen LogP contribution >= 0.6 is 22.7 Å². The first kappa shape index (κ1) is 21.9. The van der Waals surface area contributed by atoms with Crippen LogP contribution in [0.1, 0.15) is 35.2 Å². The van der Waals surface area contributed by atoms with Gasteiger partial charge in [0, 0.05) is 17.9 Å². The van der Waals surface area contributed by atoms with E-state index in [-0.39, 0.29) is 12.3 Å². The molecule has 0 aliphatic heterocycles. The van der Waals surface area contributed by atoms with E-state index >= 15 is 0 Å². The number of aryl methyl sites for hydroxylation is 2. The summed E-state index contributed by atoms with van der Waals surface area (Å²) in [4.78, 5) is 34.9. The van der Waals surface area contributed by atoms with Crippen LogP contribution in [0.4, 0.5) is 10.8 Å². The van der Waals surface area contributed by atoms with E-state index in [4.69, 9.17) is 0 Å². The number of amides is 1. The number of nitrogens with zero attached hydrogens (tertiary/aromatic N) is 3. The van der Waals surface area contributed by atoms with Crippen molar-refractivity contribution in [1.29, 1.82) is 0 Å². The minimum Gasteiger partial charge on any atom is -0.481 e. The van der Waals surface area contributed by atoms with Gasteiger partial charge in [0.25, 0.3) is 0 Å². The van der Waals surface area contributed by atoms with Gasteiger partial charge in [0.05, 0.1) is 28.0 Å². The third kappa shape index (κ3) is 4.46. The molecule has 0 spiro atoms. The highest BCUT2D eigenvalue weighted by Gasteiger charge is 2.21. The molecule has 0 saturated heterocycles. The minimum absolute atomic E-state index is 0.135. The van der Waals surface area contributed by atoms with Crippen LogP contribution < -0.4 is 4.90 Å². The number of para-hydroxylation sites is 2. The van der Waals surface area contributed by atoms with Crippen molar-refractivity contribution in [2.45, 2.75) is 27.2 Å². The number of anilines is 2. The molecule has 2 aromatic heterocycles. The van der Waals surface area contributed by atoms with Gasteiger partial charge in [-0.15, -0.1) is 22.7 Å². The summed E-state index contributed by atoms with van der Waals surface area (Å²) >= 11 is 2.80. The molecule has 1 N–H and O–H groups in total. The Morgan fingerprint density at radius 3 is 2.44 bits per heavy atom. The van der Waals surface area contributed by atoms with E-state index in [1.165, 1.54) is 29.6 Å². The van der Waals surface area contributed by atoms with Crippen LogP contribution in [0, 0.1) is 13.8 Å². The zero-order chi connectivity index (χ0) is 22.8. The fraction of sp³-hybridized carbons (Fsp3) is 0.167. The van der Waals surface area contributed by atoms with Crippen molar-refractivity contribution >= 4 is 67.2 Å². The molecule has 162 valence electrons. The lowest BCUT2D eigenvalue weighted by Gasteiger charge is -2.22. The molecule has 0 saturated carbocycles. The van der Waals surface area contributed by atoms with E-state index in [1.54, 1.807) is 11.0 Å². The Morgan fingerprint density at radius 1 is 1.06 bits per heavy atom. The smallest absolute Gasteiger partial charge is 0.307 e. The number of carbonyl (C=O) groups excluding carboxylic acids is 1. The summed E-state index contributed by atoms with van der Waals surface area (Å²) in [6.07, 6.45) is 1.58. The van der Waals surface area contributed by atoms with Crippen molar-refractivity contribution in [3.8, 4) is 0 Å². The zero-order valence-electron chi connectivity index (χ0n) is 17.8. The lowest BCUT2D eigenvalue weighted by atomic mass is 10.1. The van der Waals surface area contributed by atoms with Crippen molar-refractivity contribution < 1.29 is 14.7 Å². The van der Waals surface area contributed by atoms with Crippen molar-refractivity contribution in [2.75, 3.05) is 4.90 Å². The number of aromatic nitrogens is 2. The van der Waals surface area contributed by atoms with Gasteiger partial charge in [0.15, 0.2) is 5.13 Å². The highest BCUT2D eigenvalue weighted by atomic mass is 32.1. The molecule has 0 atom stereocenters. The molecule has 0 aliphatic carbocycles. The molecule has 2 heterocycles. The van der Waals surface area contributed by atoms with Crippen LogP contribution in [-0.2, 0) is 9.59 Å². The molecule has 1 amide bonds. The summed E-state index contributed by atoms with van der Waals surface area (Å²) in [7, 11) is 0. The lowest BCUT2D eigenvalue weighted by Crippen LogP contribution is -2.24. The lowest BCUT2D eigenvalue weighted by molar-refractivity contribution is -0.135. The quantitative estimate of drug-likeness (QED) is 0.375. The molecule has 2 aromatic carbocycles. The molecule has 0 unspecified atom stereocenters. The third-order valence-corrected chi connectivity index (χ3v) is 6.87. The SMILES string of the molecule is CC(=O)N(c1nc(/C=C(/CC(=O)O)c2nc3ccccc3s2)cs1)c1c(C)cccc1C. The first-order valence-electron chi connectivity index (χ1n) is 9.94. The number of rotatable bonds is 6. The van der Waals surface area contributed by atoms with Gasteiger partial charge in [-0.25, -0.2) is 9.97 Å². The Hall–Kier alpha value is -3.36. The summed E-state index contributed by atoms with van der Waals surface area (Å²) in [5.74, 6) is -1.07. The number of benzene rings is 2. The van der Waals surface area contributed by atoms with Gasteiger partial charge in [0.2, 0.25) is 5.91 Å². The van der Waals surface area contributed by atoms with Gasteiger partial charge in [0.1, 0.15) is 5.01 Å². The van der Waals surface area contributed by atoms with Crippen LogP contribution in [0.2, 0.25) is 0 Å². The maximum absolute atomic E-state index is 12.5. The van der Waals surface area contributed by atoms with E-state index in [0.29, 0.717) is 21.4 Å². The second kappa shape index (κ2) is 9.02. The topological polar surface area (TPSA) is 83.4 Å². The second-order valence-electron chi connectivity index (χ2n) is 7.38. The van der Waals surface area contributed by atoms with E-state index in [2.05, 4.69) is 9.97 Å². The molecule has 4 aromatic rings. The summed E-state index contributed by atoms with van der Waals surface area (Å²) in [6.45, 7) is 5.44. The zero-order valence-corrected chi connectivity index (χ0v) is 19.5. The number of hydrogen-bond acceptors (Lipinski definition) is 6. The number of fused-ring (bicyclic) bond motifs is 1. The summed E-state index contributed by atoms with van der Waals surface area (Å²) in [5, 5.41) is 12.5. The molecular formula is C24H21N3O3S2.